The maximum atomic E-state index is 4.64. The van der Waals surface area contributed by atoms with Crippen molar-refractivity contribution < 1.29 is 0 Å². The maximum absolute atomic E-state index is 4.64. The first kappa shape index (κ1) is 13.4. The number of hydrogen-bond acceptors (Lipinski definition) is 2. The molecule has 3 heteroatoms. The van der Waals surface area contributed by atoms with E-state index in [2.05, 4.69) is 47.7 Å². The molecule has 0 radical (unpaired) electrons. The summed E-state index contributed by atoms with van der Waals surface area (Å²) in [6, 6.07) is 11.3. The Bertz CT molecular complexity index is 573. The molecule has 1 aliphatic carbocycles. The zero-order valence-corrected chi connectivity index (χ0v) is 12.3. The number of nitrogens with zero attached hydrogens (tertiary/aromatic N) is 2. The number of nitrogens with one attached hydrogen (secondary N) is 1. The van der Waals surface area contributed by atoms with Crippen LogP contribution in [0.15, 0.2) is 36.5 Å². The number of rotatable bonds is 5. The molecule has 2 unspecified atom stereocenters. The van der Waals surface area contributed by atoms with E-state index in [0.29, 0.717) is 12.0 Å². The van der Waals surface area contributed by atoms with Gasteiger partial charge in [-0.05, 0) is 43.0 Å². The fourth-order valence-electron chi connectivity index (χ4n) is 3.29. The van der Waals surface area contributed by atoms with E-state index in [1.807, 2.05) is 17.9 Å². The van der Waals surface area contributed by atoms with Crippen LogP contribution in [0.5, 0.6) is 0 Å². The van der Waals surface area contributed by atoms with E-state index in [-0.39, 0.29) is 0 Å². The van der Waals surface area contributed by atoms with Gasteiger partial charge in [0.2, 0.25) is 0 Å². The molecule has 1 aromatic carbocycles. The van der Waals surface area contributed by atoms with Crippen LogP contribution in [0.25, 0.3) is 0 Å². The van der Waals surface area contributed by atoms with E-state index < -0.39 is 0 Å². The molecule has 3 nitrogen and oxygen atoms in total. The standard InChI is InChI=1S/C17H23N3/c1-3-11-18-17(16-10-12-20(2)19-16)15-9-8-13-6-4-5-7-14(13)15/h4-7,10,12,15,17-18H,3,8-9,11H2,1-2H3. The Morgan fingerprint density at radius 2 is 2.20 bits per heavy atom. The van der Waals surface area contributed by atoms with E-state index in [1.165, 1.54) is 29.7 Å². The average molecular weight is 269 g/mol. The molecule has 2 aromatic rings. The second-order valence-corrected chi connectivity index (χ2v) is 5.69. The summed E-state index contributed by atoms with van der Waals surface area (Å²) in [5.74, 6) is 0.549. The molecule has 0 saturated carbocycles. The Labute approximate surface area is 121 Å². The summed E-state index contributed by atoms with van der Waals surface area (Å²) in [6.07, 6.45) is 5.60. The van der Waals surface area contributed by atoms with Gasteiger partial charge in [0.1, 0.15) is 0 Å². The van der Waals surface area contributed by atoms with E-state index in [0.717, 1.165) is 13.0 Å². The maximum Gasteiger partial charge on any atom is 0.0800 e. The third kappa shape index (κ3) is 2.50. The van der Waals surface area contributed by atoms with Crippen molar-refractivity contribution in [2.24, 2.45) is 7.05 Å². The molecule has 0 aliphatic heterocycles. The lowest BCUT2D eigenvalue weighted by Crippen LogP contribution is -2.27. The molecule has 106 valence electrons. The molecular weight excluding hydrogens is 246 g/mol. The van der Waals surface area contributed by atoms with Crippen molar-refractivity contribution in [3.63, 3.8) is 0 Å². The summed E-state index contributed by atoms with van der Waals surface area (Å²) in [5, 5.41) is 8.34. The number of aryl methyl sites for hydroxylation is 2. The third-order valence-electron chi connectivity index (χ3n) is 4.25. The van der Waals surface area contributed by atoms with Crippen LogP contribution in [-0.2, 0) is 13.5 Å². The molecule has 1 aromatic heterocycles. The van der Waals surface area contributed by atoms with Crippen LogP contribution in [0.3, 0.4) is 0 Å². The summed E-state index contributed by atoms with van der Waals surface area (Å²) in [4.78, 5) is 0. The van der Waals surface area contributed by atoms with Crippen molar-refractivity contribution >= 4 is 0 Å². The second kappa shape index (κ2) is 5.80. The second-order valence-electron chi connectivity index (χ2n) is 5.69. The highest BCUT2D eigenvalue weighted by Crippen LogP contribution is 2.41. The van der Waals surface area contributed by atoms with E-state index in [9.17, 15) is 0 Å². The van der Waals surface area contributed by atoms with Crippen molar-refractivity contribution in [3.05, 3.63) is 53.3 Å². The van der Waals surface area contributed by atoms with Gasteiger partial charge >= 0.3 is 0 Å². The Balaban J connectivity index is 1.90. The minimum atomic E-state index is 0.333. The van der Waals surface area contributed by atoms with Gasteiger partial charge in [-0.3, -0.25) is 4.68 Å². The SMILES string of the molecule is CCCNC(c1ccn(C)n1)C1CCc2ccccc21. The Hall–Kier alpha value is -1.61. The smallest absolute Gasteiger partial charge is 0.0800 e. The number of benzene rings is 1. The van der Waals surface area contributed by atoms with Gasteiger partial charge in [-0.25, -0.2) is 0 Å². The zero-order chi connectivity index (χ0) is 13.9. The molecule has 0 spiro atoms. The Kier molecular flexibility index (Phi) is 3.88. The lowest BCUT2D eigenvalue weighted by atomic mass is 9.91. The van der Waals surface area contributed by atoms with E-state index >= 15 is 0 Å². The fourth-order valence-corrected chi connectivity index (χ4v) is 3.29. The van der Waals surface area contributed by atoms with Crippen LogP contribution in [0, 0.1) is 0 Å². The summed E-state index contributed by atoms with van der Waals surface area (Å²) >= 11 is 0. The molecule has 1 heterocycles. The highest BCUT2D eigenvalue weighted by Gasteiger charge is 2.31. The van der Waals surface area contributed by atoms with Gasteiger partial charge in [-0.2, -0.15) is 5.10 Å². The Morgan fingerprint density at radius 1 is 1.35 bits per heavy atom. The molecule has 1 N–H and O–H groups in total. The number of hydrogen-bond donors (Lipinski definition) is 1. The summed E-state index contributed by atoms with van der Waals surface area (Å²) < 4.78 is 1.90. The highest BCUT2D eigenvalue weighted by atomic mass is 15.3. The van der Waals surface area contributed by atoms with E-state index in [1.54, 1.807) is 0 Å². The fraction of sp³-hybridized carbons (Fsp3) is 0.471. The van der Waals surface area contributed by atoms with Crippen LogP contribution >= 0.6 is 0 Å². The van der Waals surface area contributed by atoms with Crippen LogP contribution in [-0.4, -0.2) is 16.3 Å². The van der Waals surface area contributed by atoms with E-state index in [4.69, 9.17) is 0 Å². The van der Waals surface area contributed by atoms with Gasteiger partial charge < -0.3 is 5.32 Å². The monoisotopic (exact) mass is 269 g/mol. The van der Waals surface area contributed by atoms with Gasteiger partial charge in [0.05, 0.1) is 11.7 Å². The zero-order valence-electron chi connectivity index (χ0n) is 12.3. The average Bonchev–Trinajstić information content (AvgIpc) is 3.07. The number of aromatic nitrogens is 2. The quantitative estimate of drug-likeness (QED) is 0.903. The van der Waals surface area contributed by atoms with Gasteiger partial charge in [0.15, 0.2) is 0 Å². The predicted octanol–water partition coefficient (Wildman–Crippen LogP) is 3.19. The van der Waals surface area contributed by atoms with Crippen molar-refractivity contribution in [2.75, 3.05) is 6.54 Å². The molecular formula is C17H23N3. The van der Waals surface area contributed by atoms with Crippen molar-refractivity contribution in [1.82, 2.24) is 15.1 Å². The first-order valence-electron chi connectivity index (χ1n) is 7.60. The molecule has 2 atom stereocenters. The highest BCUT2D eigenvalue weighted by molar-refractivity contribution is 5.37. The molecule has 0 amide bonds. The minimum Gasteiger partial charge on any atom is -0.308 e. The van der Waals surface area contributed by atoms with Gasteiger partial charge in [0.25, 0.3) is 0 Å². The van der Waals surface area contributed by atoms with Crippen molar-refractivity contribution in [2.45, 2.75) is 38.1 Å². The molecule has 0 bridgehead atoms. The van der Waals surface area contributed by atoms with Gasteiger partial charge in [-0.1, -0.05) is 31.2 Å². The normalized spacial score (nSPS) is 19.0. The first-order chi connectivity index (χ1) is 9.79. The minimum absolute atomic E-state index is 0.333. The largest absolute Gasteiger partial charge is 0.308 e. The Morgan fingerprint density at radius 3 is 2.95 bits per heavy atom. The van der Waals surface area contributed by atoms with Crippen molar-refractivity contribution in [1.29, 1.82) is 0 Å². The topological polar surface area (TPSA) is 29.9 Å². The lowest BCUT2D eigenvalue weighted by molar-refractivity contribution is 0.430. The van der Waals surface area contributed by atoms with Gasteiger partial charge in [0, 0.05) is 19.2 Å². The first-order valence-corrected chi connectivity index (χ1v) is 7.60. The third-order valence-corrected chi connectivity index (χ3v) is 4.25. The van der Waals surface area contributed by atoms with Crippen LogP contribution < -0.4 is 5.32 Å². The molecule has 3 rings (SSSR count). The number of fused-ring (bicyclic) bond motifs is 1. The lowest BCUT2D eigenvalue weighted by Gasteiger charge is -2.24. The molecule has 0 fully saturated rings. The molecule has 20 heavy (non-hydrogen) atoms. The summed E-state index contributed by atoms with van der Waals surface area (Å²) in [7, 11) is 1.99. The van der Waals surface area contributed by atoms with Crippen molar-refractivity contribution in [3.8, 4) is 0 Å². The molecule has 1 aliphatic rings. The summed E-state index contributed by atoms with van der Waals surface area (Å²) in [5.41, 5.74) is 4.19. The summed E-state index contributed by atoms with van der Waals surface area (Å²) in [6.45, 7) is 3.25. The van der Waals surface area contributed by atoms with Crippen LogP contribution in [0.2, 0.25) is 0 Å². The van der Waals surface area contributed by atoms with Crippen LogP contribution in [0.4, 0.5) is 0 Å². The molecule has 0 saturated heterocycles. The predicted molar refractivity (Wildman–Crippen MR) is 81.7 cm³/mol. The van der Waals surface area contributed by atoms with Gasteiger partial charge in [-0.15, -0.1) is 0 Å². The van der Waals surface area contributed by atoms with Crippen LogP contribution in [0.1, 0.15) is 48.5 Å².